The highest BCUT2D eigenvalue weighted by molar-refractivity contribution is 5.33. The Morgan fingerprint density at radius 2 is 1.38 bits per heavy atom. The summed E-state index contributed by atoms with van der Waals surface area (Å²) in [6.45, 7) is 17.7. The van der Waals surface area contributed by atoms with Crippen molar-refractivity contribution in [2.45, 2.75) is 59.5 Å². The van der Waals surface area contributed by atoms with Crippen LogP contribution >= 0.6 is 0 Å². The molecular formula is C22H38N6O6+2. The minimum atomic E-state index is -0.250. The van der Waals surface area contributed by atoms with Gasteiger partial charge in [0.25, 0.3) is 25.6 Å². The third-order valence-corrected chi connectivity index (χ3v) is 3.74. The highest BCUT2D eigenvalue weighted by atomic mass is 16.5. The van der Waals surface area contributed by atoms with Crippen molar-refractivity contribution in [1.82, 2.24) is 19.0 Å². The highest BCUT2D eigenvalue weighted by Gasteiger charge is 2.18. The third kappa shape index (κ3) is 14.8. The Labute approximate surface area is 199 Å². The van der Waals surface area contributed by atoms with E-state index in [1.54, 1.807) is 29.5 Å². The Morgan fingerprint density at radius 3 is 1.56 bits per heavy atom. The van der Waals surface area contributed by atoms with Gasteiger partial charge in [0.1, 0.15) is 17.9 Å². The summed E-state index contributed by atoms with van der Waals surface area (Å²) in [5.74, 6) is 0. The molecule has 0 radical (unpaired) electrons. The summed E-state index contributed by atoms with van der Waals surface area (Å²) in [4.78, 5) is 20.7. The molecule has 3 heterocycles. The minimum absolute atomic E-state index is 0.0496. The van der Waals surface area contributed by atoms with Crippen molar-refractivity contribution in [3.63, 3.8) is 0 Å². The predicted octanol–water partition coefficient (Wildman–Crippen LogP) is 2.31. The van der Waals surface area contributed by atoms with Gasteiger partial charge in [-0.25, -0.2) is 14.1 Å². The first-order valence-corrected chi connectivity index (χ1v) is 10.0. The smallest absolute Gasteiger partial charge is 0.290 e. The van der Waals surface area contributed by atoms with Crippen molar-refractivity contribution >= 4 is 18.6 Å². The fraction of sp³-hybridized carbons (Fsp3) is 0.409. The SMILES string of the molecule is C=C(C)[n+]1ccn(O)c1.CC(C)(C)[n+]1ccn(O)c1.CC(C)(C)n1ccnc1.O=CO.O=CO. The third-order valence-electron chi connectivity index (χ3n) is 3.74. The maximum atomic E-state index is 8.91. The van der Waals surface area contributed by atoms with E-state index in [2.05, 4.69) is 57.7 Å². The number of hydrogen-bond donors (Lipinski definition) is 4. The summed E-state index contributed by atoms with van der Waals surface area (Å²) >= 11 is 0. The summed E-state index contributed by atoms with van der Waals surface area (Å²) < 4.78 is 7.76. The largest absolute Gasteiger partial charge is 0.483 e. The van der Waals surface area contributed by atoms with E-state index in [1.165, 1.54) is 12.5 Å². The Hall–Kier alpha value is -4.09. The number of imidazole rings is 3. The van der Waals surface area contributed by atoms with Gasteiger partial charge in [-0.3, -0.25) is 9.59 Å². The molecule has 34 heavy (non-hydrogen) atoms. The summed E-state index contributed by atoms with van der Waals surface area (Å²) in [6.07, 6.45) is 15.5. The molecule has 0 unspecified atom stereocenters. The van der Waals surface area contributed by atoms with Crippen LogP contribution in [-0.2, 0) is 20.7 Å². The first-order chi connectivity index (χ1) is 15.6. The van der Waals surface area contributed by atoms with Crippen LogP contribution in [0.5, 0.6) is 0 Å². The number of carboxylic acid groups (broad SMARTS) is 2. The molecule has 0 aromatic carbocycles. The molecule has 0 saturated carbocycles. The van der Waals surface area contributed by atoms with Crippen molar-refractivity contribution in [2.24, 2.45) is 0 Å². The number of nitrogens with zero attached hydrogens (tertiary/aromatic N) is 6. The van der Waals surface area contributed by atoms with E-state index >= 15 is 0 Å². The van der Waals surface area contributed by atoms with Crippen LogP contribution in [0.2, 0.25) is 0 Å². The molecule has 4 N–H and O–H groups in total. The van der Waals surface area contributed by atoms with Gasteiger partial charge in [0, 0.05) is 17.9 Å². The van der Waals surface area contributed by atoms with Crippen LogP contribution in [0.4, 0.5) is 0 Å². The van der Waals surface area contributed by atoms with Gasteiger partial charge in [0.05, 0.1) is 12.0 Å². The molecule has 0 aliphatic heterocycles. The molecule has 190 valence electrons. The van der Waals surface area contributed by atoms with Gasteiger partial charge in [-0.2, -0.15) is 0 Å². The van der Waals surface area contributed by atoms with Crippen LogP contribution in [0.3, 0.4) is 0 Å². The molecule has 3 aromatic rings. The van der Waals surface area contributed by atoms with E-state index in [4.69, 9.17) is 30.2 Å². The number of carbonyl (C=O) groups is 2. The van der Waals surface area contributed by atoms with Crippen molar-refractivity contribution in [3.8, 4) is 0 Å². The van der Waals surface area contributed by atoms with E-state index in [9.17, 15) is 0 Å². The van der Waals surface area contributed by atoms with Gasteiger partial charge in [0.2, 0.25) is 0 Å². The van der Waals surface area contributed by atoms with Crippen molar-refractivity contribution in [2.75, 3.05) is 0 Å². The zero-order valence-electron chi connectivity index (χ0n) is 20.8. The van der Waals surface area contributed by atoms with Gasteiger partial charge in [-0.1, -0.05) is 16.0 Å². The lowest BCUT2D eigenvalue weighted by Gasteiger charge is -2.19. The molecule has 3 rings (SSSR count). The van der Waals surface area contributed by atoms with Crippen LogP contribution < -0.4 is 9.13 Å². The molecule has 0 atom stereocenters. The van der Waals surface area contributed by atoms with E-state index < -0.39 is 0 Å². The van der Waals surface area contributed by atoms with Crippen molar-refractivity contribution in [1.29, 1.82) is 0 Å². The fourth-order valence-electron chi connectivity index (χ4n) is 1.97. The van der Waals surface area contributed by atoms with E-state index in [0.717, 1.165) is 15.2 Å². The number of allylic oxidation sites excluding steroid dienone is 1. The molecule has 0 saturated heterocycles. The van der Waals surface area contributed by atoms with Crippen LogP contribution in [0.25, 0.3) is 5.70 Å². The van der Waals surface area contributed by atoms with Gasteiger partial charge in [0.15, 0.2) is 12.4 Å². The fourth-order valence-corrected chi connectivity index (χ4v) is 1.97. The van der Waals surface area contributed by atoms with Crippen LogP contribution in [-0.4, -0.2) is 52.6 Å². The zero-order valence-corrected chi connectivity index (χ0v) is 20.8. The van der Waals surface area contributed by atoms with Gasteiger partial charge in [-0.05, 0) is 48.5 Å². The molecule has 0 fully saturated rings. The first-order valence-electron chi connectivity index (χ1n) is 10.0. The summed E-state index contributed by atoms with van der Waals surface area (Å²) in [6, 6.07) is 0. The quantitative estimate of drug-likeness (QED) is 0.236. The Balaban J connectivity index is 0. The van der Waals surface area contributed by atoms with Gasteiger partial charge >= 0.3 is 0 Å². The van der Waals surface area contributed by atoms with E-state index in [-0.39, 0.29) is 24.0 Å². The standard InChI is InChI=1S/C7H13N2O.C7H12N2.C6H9N2O.2CH2O2/c1-7(2,3)8-4-5-9(10)6-8;1-7(2,3)9-5-4-8-6-9;1-6(2)7-3-4-8(9)5-7;2*2-1-3/h4-6,10H,1-3H3;4-6H,1-3H3;3-5,9H,1H2,2H3;2*1H,(H,2,3)/q+1;;+1;;. The van der Waals surface area contributed by atoms with Crippen molar-refractivity contribution in [3.05, 3.63) is 62.7 Å². The lowest BCUT2D eigenvalue weighted by molar-refractivity contribution is -0.754. The van der Waals surface area contributed by atoms with Gasteiger partial charge in [-0.15, -0.1) is 0 Å². The normalized spacial score (nSPS) is 9.85. The Morgan fingerprint density at radius 1 is 0.912 bits per heavy atom. The van der Waals surface area contributed by atoms with E-state index in [1.807, 2.05) is 30.2 Å². The summed E-state index contributed by atoms with van der Waals surface area (Å²) in [5.41, 5.74) is 1.10. The molecule has 0 bridgehead atoms. The van der Waals surface area contributed by atoms with Crippen LogP contribution in [0, 0.1) is 0 Å². The minimum Gasteiger partial charge on any atom is -0.483 e. The molecule has 0 aliphatic carbocycles. The predicted molar refractivity (Wildman–Crippen MR) is 124 cm³/mol. The number of rotatable bonds is 1. The lowest BCUT2D eigenvalue weighted by Crippen LogP contribution is -2.48. The molecule has 12 heteroatoms. The van der Waals surface area contributed by atoms with Gasteiger partial charge < -0.3 is 25.2 Å². The topological polar surface area (TPSA) is 150 Å². The molecule has 12 nitrogen and oxygen atoms in total. The second kappa shape index (κ2) is 15.7. The van der Waals surface area contributed by atoms with Crippen LogP contribution in [0.15, 0.2) is 62.7 Å². The number of hydrogen-bond acceptors (Lipinski definition) is 5. The monoisotopic (exact) mass is 482 g/mol. The lowest BCUT2D eigenvalue weighted by atomic mass is 10.1. The number of aromatic nitrogens is 6. The maximum Gasteiger partial charge on any atom is 0.290 e. The maximum absolute atomic E-state index is 8.91. The average molecular weight is 483 g/mol. The van der Waals surface area contributed by atoms with Crippen molar-refractivity contribution < 1.29 is 39.4 Å². The summed E-state index contributed by atoms with van der Waals surface area (Å²) in [5, 5.41) is 31.4. The summed E-state index contributed by atoms with van der Waals surface area (Å²) in [7, 11) is 0. The molecule has 0 spiro atoms. The highest BCUT2D eigenvalue weighted by Crippen LogP contribution is 2.11. The Bertz CT molecular complexity index is 943. The molecular weight excluding hydrogens is 444 g/mol. The zero-order chi connectivity index (χ0) is 26.9. The first kappa shape index (κ1) is 32.1. The second-order valence-corrected chi connectivity index (χ2v) is 8.66. The average Bonchev–Trinajstić information content (AvgIpc) is 3.44. The Kier molecular flexibility index (Phi) is 14.8. The molecule has 0 amide bonds. The second-order valence-electron chi connectivity index (χ2n) is 8.66. The van der Waals surface area contributed by atoms with E-state index in [0.29, 0.717) is 0 Å². The molecule has 0 aliphatic rings. The molecule has 3 aromatic heterocycles. The van der Waals surface area contributed by atoms with Crippen LogP contribution in [0.1, 0.15) is 48.5 Å².